The molecule has 1 N–H and O–H groups in total. The van der Waals surface area contributed by atoms with Gasteiger partial charge < -0.3 is 15.0 Å². The summed E-state index contributed by atoms with van der Waals surface area (Å²) in [7, 11) is 1.69. The number of ether oxygens (including phenoxy) is 1. The number of likely N-dealkylation sites (N-methyl/N-ethyl adjacent to an activating group) is 1. The standard InChI is InChI=1S/C15H19ClFN3O3/c1-19(10-15(22)20-4-6-23-7-5-20)9-14(21)18-11-2-3-13(17)12(16)8-11/h2-3,8H,4-7,9-10H2,1H3,(H,18,21). The Morgan fingerprint density at radius 1 is 1.35 bits per heavy atom. The van der Waals surface area contributed by atoms with Crippen LogP contribution in [0.5, 0.6) is 0 Å². The first-order valence-electron chi connectivity index (χ1n) is 7.24. The minimum Gasteiger partial charge on any atom is -0.378 e. The van der Waals surface area contributed by atoms with Crippen LogP contribution in [0.3, 0.4) is 0 Å². The molecule has 1 aliphatic heterocycles. The van der Waals surface area contributed by atoms with Gasteiger partial charge in [-0.25, -0.2) is 4.39 Å². The predicted molar refractivity (Wildman–Crippen MR) is 84.9 cm³/mol. The number of halogens is 2. The van der Waals surface area contributed by atoms with Gasteiger partial charge in [-0.3, -0.25) is 14.5 Å². The van der Waals surface area contributed by atoms with Crippen molar-refractivity contribution in [3.8, 4) is 0 Å². The maximum absolute atomic E-state index is 13.1. The van der Waals surface area contributed by atoms with Crippen molar-refractivity contribution in [1.29, 1.82) is 0 Å². The quantitative estimate of drug-likeness (QED) is 0.873. The fourth-order valence-electron chi connectivity index (χ4n) is 2.22. The fraction of sp³-hybridized carbons (Fsp3) is 0.467. The average molecular weight is 344 g/mol. The first-order chi connectivity index (χ1) is 11.0. The van der Waals surface area contributed by atoms with Crippen LogP contribution in [0, 0.1) is 5.82 Å². The second-order valence-electron chi connectivity index (χ2n) is 5.34. The van der Waals surface area contributed by atoms with Crippen LogP contribution in [0.2, 0.25) is 5.02 Å². The fourth-order valence-corrected chi connectivity index (χ4v) is 2.40. The van der Waals surface area contributed by atoms with Gasteiger partial charge in [-0.15, -0.1) is 0 Å². The highest BCUT2D eigenvalue weighted by Gasteiger charge is 2.19. The van der Waals surface area contributed by atoms with Crippen LogP contribution >= 0.6 is 11.6 Å². The predicted octanol–water partition coefficient (Wildman–Crippen LogP) is 1.21. The second-order valence-corrected chi connectivity index (χ2v) is 5.75. The van der Waals surface area contributed by atoms with Crippen molar-refractivity contribution in [1.82, 2.24) is 9.80 Å². The number of carbonyl (C=O) groups excluding carboxylic acids is 2. The van der Waals surface area contributed by atoms with E-state index < -0.39 is 5.82 Å². The van der Waals surface area contributed by atoms with Gasteiger partial charge in [0.15, 0.2) is 0 Å². The van der Waals surface area contributed by atoms with Crippen molar-refractivity contribution in [2.24, 2.45) is 0 Å². The Labute approximate surface area is 139 Å². The van der Waals surface area contributed by atoms with Gasteiger partial charge in [0.25, 0.3) is 0 Å². The molecule has 0 aliphatic carbocycles. The van der Waals surface area contributed by atoms with Crippen LogP contribution in [0.4, 0.5) is 10.1 Å². The summed E-state index contributed by atoms with van der Waals surface area (Å²) in [4.78, 5) is 27.4. The van der Waals surface area contributed by atoms with E-state index in [0.29, 0.717) is 32.0 Å². The Balaban J connectivity index is 1.79. The summed E-state index contributed by atoms with van der Waals surface area (Å²) in [6.45, 7) is 2.44. The zero-order valence-corrected chi connectivity index (χ0v) is 13.6. The van der Waals surface area contributed by atoms with E-state index in [1.54, 1.807) is 16.8 Å². The van der Waals surface area contributed by atoms with E-state index in [2.05, 4.69) is 5.32 Å². The molecule has 6 nitrogen and oxygen atoms in total. The molecule has 0 spiro atoms. The smallest absolute Gasteiger partial charge is 0.238 e. The number of carbonyl (C=O) groups is 2. The molecule has 1 fully saturated rings. The third-order valence-electron chi connectivity index (χ3n) is 3.39. The van der Waals surface area contributed by atoms with Gasteiger partial charge in [-0.2, -0.15) is 0 Å². The Kier molecular flexibility index (Phi) is 6.32. The van der Waals surface area contributed by atoms with Crippen molar-refractivity contribution in [3.63, 3.8) is 0 Å². The summed E-state index contributed by atoms with van der Waals surface area (Å²) in [6, 6.07) is 3.95. The summed E-state index contributed by atoms with van der Waals surface area (Å²) in [5, 5.41) is 2.56. The van der Waals surface area contributed by atoms with Crippen LogP contribution in [0.1, 0.15) is 0 Å². The number of hydrogen-bond donors (Lipinski definition) is 1. The minimum atomic E-state index is -0.544. The zero-order chi connectivity index (χ0) is 16.8. The van der Waals surface area contributed by atoms with Gasteiger partial charge in [0.1, 0.15) is 5.82 Å². The molecule has 0 bridgehead atoms. The molecule has 1 heterocycles. The first-order valence-corrected chi connectivity index (χ1v) is 7.62. The van der Waals surface area contributed by atoms with Crippen molar-refractivity contribution >= 4 is 29.1 Å². The molecule has 0 saturated carbocycles. The lowest BCUT2D eigenvalue weighted by molar-refractivity contribution is -0.136. The van der Waals surface area contributed by atoms with E-state index in [1.807, 2.05) is 0 Å². The highest BCUT2D eigenvalue weighted by Crippen LogP contribution is 2.19. The first kappa shape index (κ1) is 17.7. The summed E-state index contributed by atoms with van der Waals surface area (Å²) < 4.78 is 18.3. The minimum absolute atomic E-state index is 0.0339. The van der Waals surface area contributed by atoms with E-state index >= 15 is 0 Å². The maximum Gasteiger partial charge on any atom is 0.238 e. The van der Waals surface area contributed by atoms with Crippen molar-refractivity contribution in [3.05, 3.63) is 29.0 Å². The van der Waals surface area contributed by atoms with E-state index in [9.17, 15) is 14.0 Å². The van der Waals surface area contributed by atoms with E-state index in [0.717, 1.165) is 0 Å². The molecule has 23 heavy (non-hydrogen) atoms. The van der Waals surface area contributed by atoms with Crippen molar-refractivity contribution < 1.29 is 18.7 Å². The Hall–Kier alpha value is -1.70. The van der Waals surface area contributed by atoms with Crippen molar-refractivity contribution in [2.45, 2.75) is 0 Å². The number of amides is 2. The average Bonchev–Trinajstić information content (AvgIpc) is 2.51. The van der Waals surface area contributed by atoms with E-state index in [4.69, 9.17) is 16.3 Å². The van der Waals surface area contributed by atoms with Crippen molar-refractivity contribution in [2.75, 3.05) is 51.8 Å². The molecule has 2 amide bonds. The molecular formula is C15H19ClFN3O3. The number of rotatable bonds is 5. The molecule has 126 valence electrons. The Morgan fingerprint density at radius 3 is 2.70 bits per heavy atom. The normalized spacial score (nSPS) is 14.9. The van der Waals surface area contributed by atoms with Gasteiger partial charge >= 0.3 is 0 Å². The van der Waals surface area contributed by atoms with Crippen LogP contribution in [-0.2, 0) is 14.3 Å². The van der Waals surface area contributed by atoms with Gasteiger partial charge in [-0.1, -0.05) is 11.6 Å². The third-order valence-corrected chi connectivity index (χ3v) is 3.68. The second kappa shape index (κ2) is 8.24. The van der Waals surface area contributed by atoms with Crippen LogP contribution in [0.25, 0.3) is 0 Å². The van der Waals surface area contributed by atoms with Gasteiger partial charge in [0, 0.05) is 18.8 Å². The highest BCUT2D eigenvalue weighted by atomic mass is 35.5. The van der Waals surface area contributed by atoms with Crippen LogP contribution < -0.4 is 5.32 Å². The van der Waals surface area contributed by atoms with Gasteiger partial charge in [0.2, 0.25) is 11.8 Å². The molecule has 0 atom stereocenters. The van der Waals surface area contributed by atoms with E-state index in [-0.39, 0.29) is 29.9 Å². The summed E-state index contributed by atoms with van der Waals surface area (Å²) in [5.41, 5.74) is 0.411. The molecule has 0 aromatic heterocycles. The largest absolute Gasteiger partial charge is 0.378 e. The van der Waals surface area contributed by atoms with Gasteiger partial charge in [-0.05, 0) is 25.2 Å². The summed E-state index contributed by atoms with van der Waals surface area (Å²) in [6.07, 6.45) is 0. The molecule has 1 saturated heterocycles. The molecular weight excluding hydrogens is 325 g/mol. The summed E-state index contributed by atoms with van der Waals surface area (Å²) >= 11 is 5.66. The third kappa shape index (κ3) is 5.46. The molecule has 0 unspecified atom stereocenters. The molecule has 1 aromatic carbocycles. The number of nitrogens with one attached hydrogen (secondary N) is 1. The molecule has 1 aromatic rings. The van der Waals surface area contributed by atoms with Gasteiger partial charge in [0.05, 0.1) is 31.3 Å². The number of benzene rings is 1. The monoisotopic (exact) mass is 343 g/mol. The lowest BCUT2D eigenvalue weighted by atomic mass is 10.3. The number of nitrogens with zero attached hydrogens (tertiary/aromatic N) is 2. The lowest BCUT2D eigenvalue weighted by Gasteiger charge is -2.28. The number of hydrogen-bond acceptors (Lipinski definition) is 4. The maximum atomic E-state index is 13.1. The SMILES string of the molecule is CN(CC(=O)Nc1ccc(F)c(Cl)c1)CC(=O)N1CCOCC1. The van der Waals surface area contributed by atoms with E-state index in [1.165, 1.54) is 18.2 Å². The number of anilines is 1. The number of morpholine rings is 1. The molecule has 8 heteroatoms. The highest BCUT2D eigenvalue weighted by molar-refractivity contribution is 6.31. The molecule has 2 rings (SSSR count). The zero-order valence-electron chi connectivity index (χ0n) is 12.8. The molecule has 0 radical (unpaired) electrons. The van der Waals surface area contributed by atoms with Crippen LogP contribution in [-0.4, -0.2) is 68.1 Å². The molecule has 1 aliphatic rings. The Morgan fingerprint density at radius 2 is 2.04 bits per heavy atom. The lowest BCUT2D eigenvalue weighted by Crippen LogP contribution is -2.46. The topological polar surface area (TPSA) is 61.9 Å². The summed E-state index contributed by atoms with van der Waals surface area (Å²) in [5.74, 6) is -0.878. The van der Waals surface area contributed by atoms with Crippen LogP contribution in [0.15, 0.2) is 18.2 Å². The Bertz CT molecular complexity index is 579.